The maximum absolute atomic E-state index is 2.31. The quantitative estimate of drug-likeness (QED) is 0.435. The van der Waals surface area contributed by atoms with Crippen LogP contribution in [0.3, 0.4) is 0 Å². The van der Waals surface area contributed by atoms with E-state index in [4.69, 9.17) is 0 Å². The van der Waals surface area contributed by atoms with Gasteiger partial charge in [-0.2, -0.15) is 0 Å². The van der Waals surface area contributed by atoms with Gasteiger partial charge in [0.05, 0.1) is 0 Å². The third kappa shape index (κ3) is 8.33. The minimum absolute atomic E-state index is 1.31. The molecule has 0 saturated heterocycles. The highest BCUT2D eigenvalue weighted by molar-refractivity contribution is 4.87. The monoisotopic (exact) mass is 183 g/mol. The van der Waals surface area contributed by atoms with E-state index in [9.17, 15) is 0 Å². The molecule has 0 heteroatoms. The van der Waals surface area contributed by atoms with Gasteiger partial charge in [0.1, 0.15) is 0 Å². The van der Waals surface area contributed by atoms with E-state index in [1.807, 2.05) is 0 Å². The Hall–Kier alpha value is 0. The molecular weight excluding hydrogens is 156 g/mol. The normalized spacial score (nSPS) is 11.1. The smallest absolute Gasteiger partial charge is 0.0244 e. The third-order valence-corrected chi connectivity index (χ3v) is 2.77. The van der Waals surface area contributed by atoms with E-state index in [1.54, 1.807) is 5.92 Å². The summed E-state index contributed by atoms with van der Waals surface area (Å²) in [7, 11) is 0. The van der Waals surface area contributed by atoms with Crippen molar-refractivity contribution in [1.82, 2.24) is 0 Å². The van der Waals surface area contributed by atoms with E-state index in [1.165, 1.54) is 57.8 Å². The van der Waals surface area contributed by atoms with Gasteiger partial charge in [-0.3, -0.25) is 0 Å². The van der Waals surface area contributed by atoms with Crippen LogP contribution in [0.25, 0.3) is 0 Å². The van der Waals surface area contributed by atoms with Crippen molar-refractivity contribution in [3.05, 3.63) is 5.92 Å². The zero-order valence-corrected chi connectivity index (χ0v) is 9.86. The summed E-state index contributed by atoms with van der Waals surface area (Å²) in [5, 5.41) is 0. The molecule has 0 spiro atoms. The van der Waals surface area contributed by atoms with E-state index in [-0.39, 0.29) is 0 Å². The van der Waals surface area contributed by atoms with Crippen molar-refractivity contribution in [2.75, 3.05) is 0 Å². The summed E-state index contributed by atoms with van der Waals surface area (Å²) in [6, 6.07) is 0. The highest BCUT2D eigenvalue weighted by Gasteiger charge is 2.05. The van der Waals surface area contributed by atoms with Crippen LogP contribution in [-0.4, -0.2) is 0 Å². The molecule has 0 bridgehead atoms. The zero-order valence-electron chi connectivity index (χ0n) is 9.86. The average molecular weight is 183 g/mol. The molecule has 0 unspecified atom stereocenters. The van der Waals surface area contributed by atoms with E-state index in [0.29, 0.717) is 0 Å². The van der Waals surface area contributed by atoms with E-state index in [2.05, 4.69) is 20.8 Å². The fraction of sp³-hybridized carbons (Fsp3) is 0.923. The maximum atomic E-state index is 2.31. The third-order valence-electron chi connectivity index (χ3n) is 2.77. The van der Waals surface area contributed by atoms with Crippen LogP contribution >= 0.6 is 0 Å². The lowest BCUT2D eigenvalue weighted by molar-refractivity contribution is 0.577. The number of hydrogen-bond donors (Lipinski definition) is 0. The molecule has 0 atom stereocenters. The van der Waals surface area contributed by atoms with Gasteiger partial charge >= 0.3 is 0 Å². The predicted molar refractivity (Wildman–Crippen MR) is 61.8 cm³/mol. The summed E-state index contributed by atoms with van der Waals surface area (Å²) in [5.74, 6) is 1.80. The fourth-order valence-corrected chi connectivity index (χ4v) is 1.71. The van der Waals surface area contributed by atoms with E-state index >= 15 is 0 Å². The van der Waals surface area contributed by atoms with Crippen LogP contribution < -0.4 is 0 Å². The van der Waals surface area contributed by atoms with Gasteiger partial charge in [0.15, 0.2) is 0 Å². The number of hydrogen-bond acceptors (Lipinski definition) is 0. The van der Waals surface area contributed by atoms with Gasteiger partial charge in [0, 0.05) is 0 Å². The molecule has 0 aromatic heterocycles. The van der Waals surface area contributed by atoms with Crippen molar-refractivity contribution >= 4 is 0 Å². The van der Waals surface area contributed by atoms with Gasteiger partial charge in [-0.15, -0.1) is 0 Å². The van der Waals surface area contributed by atoms with Crippen LogP contribution in [0.4, 0.5) is 0 Å². The molecule has 0 saturated carbocycles. The van der Waals surface area contributed by atoms with Crippen LogP contribution in [0.1, 0.15) is 78.6 Å². The molecule has 1 radical (unpaired) electrons. The lowest BCUT2D eigenvalue weighted by Gasteiger charge is -2.12. The Balaban J connectivity index is 3.25. The topological polar surface area (TPSA) is 0 Å². The first-order chi connectivity index (χ1) is 6.35. The Morgan fingerprint density at radius 3 is 1.85 bits per heavy atom. The maximum Gasteiger partial charge on any atom is -0.0244 e. The van der Waals surface area contributed by atoms with Crippen LogP contribution in [0.5, 0.6) is 0 Å². The largest absolute Gasteiger partial charge is 0.0654 e. The first-order valence-corrected chi connectivity index (χ1v) is 6.18. The first kappa shape index (κ1) is 13.0. The molecule has 0 aliphatic carbocycles. The Morgan fingerprint density at radius 1 is 0.692 bits per heavy atom. The van der Waals surface area contributed by atoms with Crippen molar-refractivity contribution in [2.24, 2.45) is 0 Å². The summed E-state index contributed by atoms with van der Waals surface area (Å²) in [5.41, 5.74) is 0. The van der Waals surface area contributed by atoms with Crippen LogP contribution in [0.15, 0.2) is 0 Å². The molecule has 0 aromatic rings. The Morgan fingerprint density at radius 2 is 1.31 bits per heavy atom. The van der Waals surface area contributed by atoms with E-state index < -0.39 is 0 Å². The van der Waals surface area contributed by atoms with Gasteiger partial charge < -0.3 is 0 Å². The highest BCUT2D eigenvalue weighted by atomic mass is 14.1. The van der Waals surface area contributed by atoms with Crippen molar-refractivity contribution in [3.8, 4) is 0 Å². The fourth-order valence-electron chi connectivity index (χ4n) is 1.71. The Labute approximate surface area is 85.1 Å². The molecule has 0 N–H and O–H groups in total. The predicted octanol–water partition coefficient (Wildman–Crippen LogP) is 5.13. The van der Waals surface area contributed by atoms with Gasteiger partial charge in [-0.25, -0.2) is 0 Å². The molecule has 13 heavy (non-hydrogen) atoms. The summed E-state index contributed by atoms with van der Waals surface area (Å²) in [6.45, 7) is 6.87. The second-order valence-electron chi connectivity index (χ2n) is 4.02. The summed E-state index contributed by atoms with van der Waals surface area (Å²) in [6.07, 6.45) is 12.5. The second kappa shape index (κ2) is 10.1. The average Bonchev–Trinajstić information content (AvgIpc) is 2.17. The molecule has 0 aliphatic heterocycles. The summed E-state index contributed by atoms with van der Waals surface area (Å²) in [4.78, 5) is 0. The molecule has 0 rings (SSSR count). The molecule has 0 nitrogen and oxygen atoms in total. The first-order valence-electron chi connectivity index (χ1n) is 6.18. The van der Waals surface area contributed by atoms with Crippen LogP contribution in [0.2, 0.25) is 0 Å². The minimum Gasteiger partial charge on any atom is -0.0654 e. The Bertz CT molecular complexity index is 86.0. The molecule has 0 aromatic carbocycles. The summed E-state index contributed by atoms with van der Waals surface area (Å²) < 4.78 is 0. The van der Waals surface area contributed by atoms with Gasteiger partial charge in [0.2, 0.25) is 0 Å². The van der Waals surface area contributed by atoms with Crippen molar-refractivity contribution in [2.45, 2.75) is 78.6 Å². The van der Waals surface area contributed by atoms with Crippen molar-refractivity contribution < 1.29 is 0 Å². The lowest BCUT2D eigenvalue weighted by atomic mass is 9.93. The van der Waals surface area contributed by atoms with Gasteiger partial charge in [0.25, 0.3) is 0 Å². The molecular formula is C13H27. The number of unbranched alkanes of at least 4 members (excludes halogenated alkanes) is 4. The minimum atomic E-state index is 1.31. The van der Waals surface area contributed by atoms with E-state index in [0.717, 1.165) is 0 Å². The molecule has 0 amide bonds. The van der Waals surface area contributed by atoms with Crippen molar-refractivity contribution in [1.29, 1.82) is 0 Å². The standard InChI is InChI=1S/C13H27/c1-4-7-9-10-12-13(6-3)11-8-5-2/h4-12H2,1-3H3. The van der Waals surface area contributed by atoms with Gasteiger partial charge in [-0.05, 0) is 25.2 Å². The number of rotatable bonds is 9. The Kier molecular flexibility index (Phi) is 10.1. The van der Waals surface area contributed by atoms with Gasteiger partial charge in [-0.1, -0.05) is 59.3 Å². The highest BCUT2D eigenvalue weighted by Crippen LogP contribution is 2.22. The molecule has 0 heterocycles. The molecule has 0 aliphatic rings. The second-order valence-corrected chi connectivity index (χ2v) is 4.02. The van der Waals surface area contributed by atoms with Crippen molar-refractivity contribution in [3.63, 3.8) is 0 Å². The summed E-state index contributed by atoms with van der Waals surface area (Å²) >= 11 is 0. The lowest BCUT2D eigenvalue weighted by Crippen LogP contribution is -1.96. The van der Waals surface area contributed by atoms with Crippen LogP contribution in [0, 0.1) is 5.92 Å². The molecule has 79 valence electrons. The zero-order chi connectivity index (χ0) is 9.94. The SMILES string of the molecule is CCCCCC[C](CC)CCCC. The van der Waals surface area contributed by atoms with Crippen LogP contribution in [-0.2, 0) is 0 Å². The molecule has 0 fully saturated rings.